The molecule has 2 rings (SSSR count). The Bertz CT molecular complexity index is 512. The van der Waals surface area contributed by atoms with Gasteiger partial charge in [-0.25, -0.2) is 4.98 Å². The van der Waals surface area contributed by atoms with Gasteiger partial charge in [-0.2, -0.15) is 0 Å². The van der Waals surface area contributed by atoms with E-state index in [9.17, 15) is 4.79 Å². The molecule has 3 N–H and O–H groups in total. The summed E-state index contributed by atoms with van der Waals surface area (Å²) in [7, 11) is 0. The highest BCUT2D eigenvalue weighted by atomic mass is 32.1. The van der Waals surface area contributed by atoms with Crippen molar-refractivity contribution < 1.29 is 4.79 Å². The molecule has 5 nitrogen and oxygen atoms in total. The van der Waals surface area contributed by atoms with E-state index in [1.54, 1.807) is 17.8 Å². The van der Waals surface area contributed by atoms with E-state index >= 15 is 0 Å². The van der Waals surface area contributed by atoms with E-state index in [0.717, 1.165) is 17.0 Å². The Balaban J connectivity index is 1.81. The molecule has 0 aliphatic rings. The van der Waals surface area contributed by atoms with Crippen LogP contribution in [0.5, 0.6) is 0 Å². The van der Waals surface area contributed by atoms with E-state index in [-0.39, 0.29) is 5.91 Å². The Morgan fingerprint density at radius 1 is 1.39 bits per heavy atom. The Morgan fingerprint density at radius 3 is 2.83 bits per heavy atom. The summed E-state index contributed by atoms with van der Waals surface area (Å²) in [6.07, 6.45) is 4.26. The van der Waals surface area contributed by atoms with Gasteiger partial charge in [0.05, 0.1) is 0 Å². The van der Waals surface area contributed by atoms with Gasteiger partial charge in [0, 0.05) is 30.9 Å². The summed E-state index contributed by atoms with van der Waals surface area (Å²) >= 11 is 1.40. The lowest BCUT2D eigenvalue weighted by Crippen LogP contribution is -2.26. The summed E-state index contributed by atoms with van der Waals surface area (Å²) in [5.74, 6) is -0.153. The molecule has 2 aromatic rings. The van der Waals surface area contributed by atoms with Crippen LogP contribution in [0.1, 0.15) is 21.1 Å². The summed E-state index contributed by atoms with van der Waals surface area (Å²) < 4.78 is 0. The van der Waals surface area contributed by atoms with Crippen LogP contribution in [0.4, 0.5) is 0 Å². The summed E-state index contributed by atoms with van der Waals surface area (Å²) in [5, 5.41) is 5.33. The first-order valence-corrected chi connectivity index (χ1v) is 6.49. The second kappa shape index (κ2) is 6.23. The van der Waals surface area contributed by atoms with Crippen LogP contribution in [-0.4, -0.2) is 22.4 Å². The number of hydrogen-bond acceptors (Lipinski definition) is 5. The van der Waals surface area contributed by atoms with Gasteiger partial charge in [0.15, 0.2) is 0 Å². The van der Waals surface area contributed by atoms with Gasteiger partial charge in [-0.1, -0.05) is 0 Å². The molecular weight excluding hydrogens is 248 g/mol. The fourth-order valence-electron chi connectivity index (χ4n) is 1.47. The molecule has 0 saturated heterocycles. The number of nitrogens with zero attached hydrogens (tertiary/aromatic N) is 2. The fourth-order valence-corrected chi connectivity index (χ4v) is 2.12. The van der Waals surface area contributed by atoms with Crippen LogP contribution in [0.3, 0.4) is 0 Å². The monoisotopic (exact) mass is 262 g/mol. The first-order valence-electron chi connectivity index (χ1n) is 5.61. The van der Waals surface area contributed by atoms with Crippen molar-refractivity contribution in [3.63, 3.8) is 0 Å². The van der Waals surface area contributed by atoms with Crippen LogP contribution in [-0.2, 0) is 13.0 Å². The second-order valence-corrected chi connectivity index (χ2v) is 4.63. The van der Waals surface area contributed by atoms with E-state index in [1.807, 2.05) is 12.1 Å². The lowest BCUT2D eigenvalue weighted by atomic mass is 10.2. The Labute approximate surface area is 109 Å². The molecule has 18 heavy (non-hydrogen) atoms. The minimum atomic E-state index is -0.153. The summed E-state index contributed by atoms with van der Waals surface area (Å²) in [5.41, 5.74) is 7.03. The minimum absolute atomic E-state index is 0.153. The number of aromatic nitrogens is 2. The summed E-state index contributed by atoms with van der Waals surface area (Å²) in [6.45, 7) is 0.952. The van der Waals surface area contributed by atoms with Crippen molar-refractivity contribution in [3.8, 4) is 0 Å². The van der Waals surface area contributed by atoms with Crippen molar-refractivity contribution in [3.05, 3.63) is 46.2 Å². The van der Waals surface area contributed by atoms with Crippen LogP contribution in [0.15, 0.2) is 29.9 Å². The lowest BCUT2D eigenvalue weighted by Gasteiger charge is -2.03. The zero-order chi connectivity index (χ0) is 12.8. The zero-order valence-electron chi connectivity index (χ0n) is 9.80. The maximum absolute atomic E-state index is 11.7. The lowest BCUT2D eigenvalue weighted by molar-refractivity contribution is 0.0949. The van der Waals surface area contributed by atoms with Gasteiger partial charge in [0.25, 0.3) is 5.91 Å². The number of hydrogen-bond donors (Lipinski definition) is 2. The molecule has 0 atom stereocenters. The van der Waals surface area contributed by atoms with Gasteiger partial charge in [0.1, 0.15) is 10.7 Å². The standard InChI is InChI=1S/C12H14N4OS/c13-7-11-16-10(8-18-11)12(17)15-6-3-9-1-4-14-5-2-9/h1-2,4-5,8H,3,6-7,13H2,(H,15,17). The van der Waals surface area contributed by atoms with Gasteiger partial charge >= 0.3 is 0 Å². The maximum atomic E-state index is 11.7. The van der Waals surface area contributed by atoms with E-state index in [4.69, 9.17) is 5.73 Å². The Hall–Kier alpha value is -1.79. The minimum Gasteiger partial charge on any atom is -0.350 e. The van der Waals surface area contributed by atoms with Crippen molar-refractivity contribution in [1.29, 1.82) is 0 Å². The zero-order valence-corrected chi connectivity index (χ0v) is 10.6. The SMILES string of the molecule is NCc1nc(C(=O)NCCc2ccncc2)cs1. The molecule has 94 valence electrons. The summed E-state index contributed by atoms with van der Waals surface area (Å²) in [4.78, 5) is 19.8. The number of thiazole rings is 1. The average molecular weight is 262 g/mol. The first kappa shape index (κ1) is 12.7. The smallest absolute Gasteiger partial charge is 0.270 e. The fraction of sp³-hybridized carbons (Fsp3) is 0.250. The van der Waals surface area contributed by atoms with Gasteiger partial charge < -0.3 is 11.1 Å². The van der Waals surface area contributed by atoms with Crippen LogP contribution in [0, 0.1) is 0 Å². The molecule has 1 amide bonds. The highest BCUT2D eigenvalue weighted by Gasteiger charge is 2.09. The van der Waals surface area contributed by atoms with Gasteiger partial charge in [-0.15, -0.1) is 11.3 Å². The van der Waals surface area contributed by atoms with E-state index in [1.165, 1.54) is 11.3 Å². The van der Waals surface area contributed by atoms with Gasteiger partial charge in [-0.05, 0) is 24.1 Å². The molecule has 0 fully saturated rings. The molecule has 0 aliphatic carbocycles. The van der Waals surface area contributed by atoms with Crippen molar-refractivity contribution in [2.45, 2.75) is 13.0 Å². The van der Waals surface area contributed by atoms with Crippen LogP contribution >= 0.6 is 11.3 Å². The average Bonchev–Trinajstić information content (AvgIpc) is 2.89. The highest BCUT2D eigenvalue weighted by Crippen LogP contribution is 2.08. The number of nitrogens with one attached hydrogen (secondary N) is 1. The molecule has 6 heteroatoms. The van der Waals surface area contributed by atoms with E-state index in [0.29, 0.717) is 18.8 Å². The topological polar surface area (TPSA) is 80.9 Å². The third-order valence-corrected chi connectivity index (χ3v) is 3.28. The quantitative estimate of drug-likeness (QED) is 0.841. The number of carbonyl (C=O) groups excluding carboxylic acids is 1. The number of rotatable bonds is 5. The first-order chi connectivity index (χ1) is 8.79. The number of nitrogens with two attached hydrogens (primary N) is 1. The number of pyridine rings is 1. The molecule has 0 bridgehead atoms. The largest absolute Gasteiger partial charge is 0.350 e. The van der Waals surface area contributed by atoms with E-state index in [2.05, 4.69) is 15.3 Å². The molecule has 0 spiro atoms. The maximum Gasteiger partial charge on any atom is 0.270 e. The predicted molar refractivity (Wildman–Crippen MR) is 70.3 cm³/mol. The normalized spacial score (nSPS) is 10.3. The number of amides is 1. The molecule has 0 unspecified atom stereocenters. The van der Waals surface area contributed by atoms with Gasteiger partial charge in [0.2, 0.25) is 0 Å². The highest BCUT2D eigenvalue weighted by molar-refractivity contribution is 7.09. The molecule has 0 saturated carbocycles. The molecule has 0 radical (unpaired) electrons. The molecule has 0 aliphatic heterocycles. The van der Waals surface area contributed by atoms with Crippen molar-refractivity contribution in [1.82, 2.24) is 15.3 Å². The van der Waals surface area contributed by atoms with Crippen LogP contribution < -0.4 is 11.1 Å². The van der Waals surface area contributed by atoms with Crippen molar-refractivity contribution in [2.75, 3.05) is 6.54 Å². The third-order valence-electron chi connectivity index (χ3n) is 2.41. The van der Waals surface area contributed by atoms with Gasteiger partial charge in [-0.3, -0.25) is 9.78 Å². The molecule has 2 heterocycles. The molecular formula is C12H14N4OS. The predicted octanol–water partition coefficient (Wildman–Crippen LogP) is 0.969. The van der Waals surface area contributed by atoms with E-state index < -0.39 is 0 Å². The van der Waals surface area contributed by atoms with Crippen LogP contribution in [0.25, 0.3) is 0 Å². The summed E-state index contributed by atoms with van der Waals surface area (Å²) in [6, 6.07) is 3.86. The van der Waals surface area contributed by atoms with Crippen LogP contribution in [0.2, 0.25) is 0 Å². The Kier molecular flexibility index (Phi) is 4.38. The molecule has 0 aromatic carbocycles. The van der Waals surface area contributed by atoms with Crippen molar-refractivity contribution in [2.24, 2.45) is 5.73 Å². The molecule has 2 aromatic heterocycles. The third kappa shape index (κ3) is 3.35. The second-order valence-electron chi connectivity index (χ2n) is 3.69. The van der Waals surface area contributed by atoms with Crippen molar-refractivity contribution >= 4 is 17.2 Å². The Morgan fingerprint density at radius 2 is 2.17 bits per heavy atom. The number of carbonyl (C=O) groups is 1.